The Morgan fingerprint density at radius 2 is 1.81 bits per heavy atom. The summed E-state index contributed by atoms with van der Waals surface area (Å²) in [5, 5.41) is 3.07. The molecule has 1 N–H and O–H groups in total. The highest BCUT2D eigenvalue weighted by molar-refractivity contribution is 5.83. The van der Waals surface area contributed by atoms with Crippen LogP contribution < -0.4 is 10.1 Å². The van der Waals surface area contributed by atoms with Crippen molar-refractivity contribution in [2.45, 2.75) is 31.0 Å². The lowest BCUT2D eigenvalue weighted by Crippen LogP contribution is -2.33. The average Bonchev–Trinajstić information content (AvgIpc) is 3.42. The quantitative estimate of drug-likeness (QED) is 0.877. The Hall–Kier alpha value is -2.50. The zero-order valence-corrected chi connectivity index (χ0v) is 13.9. The number of halogens is 3. The summed E-state index contributed by atoms with van der Waals surface area (Å²) >= 11 is 0. The Morgan fingerprint density at radius 3 is 2.54 bits per heavy atom. The standard InChI is InChI=1S/C20H18F3NO2/c21-20(22,23)13-7-5-12(6-8-13)15-11-16(15)19(25)24-17-9-10-26-18-4-2-1-3-14(17)18/h1-8,15-17H,9-11H2,(H,24,25)/t15-,16+,17+/m0/s1. The van der Waals surface area contributed by atoms with Gasteiger partial charge in [-0.05, 0) is 36.1 Å². The van der Waals surface area contributed by atoms with Gasteiger partial charge in [-0.1, -0.05) is 30.3 Å². The lowest BCUT2D eigenvalue weighted by molar-refractivity contribution is -0.137. The van der Waals surface area contributed by atoms with E-state index in [2.05, 4.69) is 5.32 Å². The van der Waals surface area contributed by atoms with Gasteiger partial charge in [0, 0.05) is 17.9 Å². The molecule has 1 aliphatic heterocycles. The molecular weight excluding hydrogens is 343 g/mol. The number of rotatable bonds is 3. The topological polar surface area (TPSA) is 38.3 Å². The second-order valence-electron chi connectivity index (χ2n) is 6.80. The first-order valence-electron chi connectivity index (χ1n) is 8.63. The number of hydrogen-bond donors (Lipinski definition) is 1. The van der Waals surface area contributed by atoms with Gasteiger partial charge >= 0.3 is 6.18 Å². The van der Waals surface area contributed by atoms with E-state index in [0.29, 0.717) is 19.4 Å². The number of ether oxygens (including phenoxy) is 1. The number of amides is 1. The van der Waals surface area contributed by atoms with Gasteiger partial charge in [0.2, 0.25) is 5.91 Å². The largest absolute Gasteiger partial charge is 0.493 e. The Balaban J connectivity index is 1.41. The minimum Gasteiger partial charge on any atom is -0.493 e. The van der Waals surface area contributed by atoms with Crippen LogP contribution in [0.5, 0.6) is 5.75 Å². The van der Waals surface area contributed by atoms with Gasteiger partial charge in [-0.2, -0.15) is 13.2 Å². The average molecular weight is 361 g/mol. The lowest BCUT2D eigenvalue weighted by atomic mass is 10.00. The minimum atomic E-state index is -4.34. The molecule has 1 fully saturated rings. The maximum atomic E-state index is 12.6. The van der Waals surface area contributed by atoms with Gasteiger partial charge in [0.15, 0.2) is 0 Å². The van der Waals surface area contributed by atoms with Crippen molar-refractivity contribution in [3.63, 3.8) is 0 Å². The molecule has 0 spiro atoms. The monoisotopic (exact) mass is 361 g/mol. The molecule has 0 saturated heterocycles. The molecule has 0 unspecified atom stereocenters. The first-order chi connectivity index (χ1) is 12.4. The van der Waals surface area contributed by atoms with Crippen LogP contribution in [0.15, 0.2) is 48.5 Å². The van der Waals surface area contributed by atoms with Gasteiger partial charge in [-0.25, -0.2) is 0 Å². The molecule has 2 aliphatic rings. The second-order valence-corrected chi connectivity index (χ2v) is 6.80. The molecule has 136 valence electrons. The molecular formula is C20H18F3NO2. The van der Waals surface area contributed by atoms with Crippen LogP contribution in [0.4, 0.5) is 13.2 Å². The fourth-order valence-corrected chi connectivity index (χ4v) is 3.54. The van der Waals surface area contributed by atoms with E-state index in [1.165, 1.54) is 12.1 Å². The molecule has 0 bridgehead atoms. The van der Waals surface area contributed by atoms with Crippen molar-refractivity contribution in [3.05, 3.63) is 65.2 Å². The van der Waals surface area contributed by atoms with E-state index in [9.17, 15) is 18.0 Å². The molecule has 3 nitrogen and oxygen atoms in total. The van der Waals surface area contributed by atoms with E-state index in [-0.39, 0.29) is 23.8 Å². The van der Waals surface area contributed by atoms with Crippen LogP contribution in [0.25, 0.3) is 0 Å². The van der Waals surface area contributed by atoms with Crippen LogP contribution in [-0.4, -0.2) is 12.5 Å². The Morgan fingerprint density at radius 1 is 1.08 bits per heavy atom. The van der Waals surface area contributed by atoms with Crippen molar-refractivity contribution in [1.82, 2.24) is 5.32 Å². The number of fused-ring (bicyclic) bond motifs is 1. The summed E-state index contributed by atoms with van der Waals surface area (Å²) in [5.74, 6) is 0.560. The van der Waals surface area contributed by atoms with E-state index >= 15 is 0 Å². The van der Waals surface area contributed by atoms with Crippen LogP contribution in [0.3, 0.4) is 0 Å². The van der Waals surface area contributed by atoms with E-state index in [0.717, 1.165) is 29.0 Å². The molecule has 0 radical (unpaired) electrons. The van der Waals surface area contributed by atoms with Gasteiger partial charge in [-0.15, -0.1) is 0 Å². The zero-order valence-electron chi connectivity index (χ0n) is 13.9. The minimum absolute atomic E-state index is 0.00707. The Kier molecular flexibility index (Phi) is 4.13. The highest BCUT2D eigenvalue weighted by atomic mass is 19.4. The fourth-order valence-electron chi connectivity index (χ4n) is 3.54. The van der Waals surface area contributed by atoms with Crippen molar-refractivity contribution in [1.29, 1.82) is 0 Å². The summed E-state index contributed by atoms with van der Waals surface area (Å²) < 4.78 is 43.5. The molecule has 1 saturated carbocycles. The van der Waals surface area contributed by atoms with Gasteiger partial charge in [0.05, 0.1) is 18.2 Å². The molecule has 1 amide bonds. The molecule has 2 aromatic rings. The molecule has 2 aromatic carbocycles. The highest BCUT2D eigenvalue weighted by Gasteiger charge is 2.45. The SMILES string of the molecule is O=C(N[C@@H]1CCOc2ccccc21)[C@@H]1C[C@H]1c1ccc(C(F)(F)F)cc1. The predicted octanol–water partition coefficient (Wildman–Crippen LogP) is 4.45. The first kappa shape index (κ1) is 16.9. The summed E-state index contributed by atoms with van der Waals surface area (Å²) in [6.45, 7) is 0.551. The molecule has 0 aromatic heterocycles. The van der Waals surface area contributed by atoms with E-state index in [1.807, 2.05) is 24.3 Å². The van der Waals surface area contributed by atoms with Crippen LogP contribution in [0.2, 0.25) is 0 Å². The summed E-state index contributed by atoms with van der Waals surface area (Å²) in [4.78, 5) is 12.6. The molecule has 4 rings (SSSR count). The predicted molar refractivity (Wildman–Crippen MR) is 89.7 cm³/mol. The number of alkyl halides is 3. The first-order valence-corrected chi connectivity index (χ1v) is 8.63. The number of benzene rings is 2. The summed E-state index contributed by atoms with van der Waals surface area (Å²) in [5.41, 5.74) is 1.09. The third-order valence-electron chi connectivity index (χ3n) is 5.07. The van der Waals surface area contributed by atoms with E-state index in [4.69, 9.17) is 4.74 Å². The van der Waals surface area contributed by atoms with Crippen molar-refractivity contribution >= 4 is 5.91 Å². The molecule has 1 heterocycles. The third kappa shape index (κ3) is 3.28. The van der Waals surface area contributed by atoms with Crippen molar-refractivity contribution in [3.8, 4) is 5.75 Å². The number of hydrogen-bond acceptors (Lipinski definition) is 2. The summed E-state index contributed by atoms with van der Waals surface area (Å²) in [6, 6.07) is 12.7. The van der Waals surface area contributed by atoms with Gasteiger partial charge in [-0.3, -0.25) is 4.79 Å². The van der Waals surface area contributed by atoms with Crippen LogP contribution in [-0.2, 0) is 11.0 Å². The van der Waals surface area contributed by atoms with Crippen LogP contribution in [0.1, 0.15) is 41.5 Å². The maximum Gasteiger partial charge on any atom is 0.416 e. The van der Waals surface area contributed by atoms with Gasteiger partial charge < -0.3 is 10.1 Å². The van der Waals surface area contributed by atoms with Crippen LogP contribution >= 0.6 is 0 Å². The zero-order chi connectivity index (χ0) is 18.3. The van der Waals surface area contributed by atoms with Crippen molar-refractivity contribution < 1.29 is 22.7 Å². The summed E-state index contributed by atoms with van der Waals surface area (Å²) in [6.07, 6.45) is -2.96. The Bertz CT molecular complexity index is 817. The number of carbonyl (C=O) groups is 1. The van der Waals surface area contributed by atoms with Crippen molar-refractivity contribution in [2.24, 2.45) is 5.92 Å². The van der Waals surface area contributed by atoms with Gasteiger partial charge in [0.25, 0.3) is 0 Å². The molecule has 6 heteroatoms. The lowest BCUT2D eigenvalue weighted by Gasteiger charge is -2.26. The molecule has 3 atom stereocenters. The highest BCUT2D eigenvalue weighted by Crippen LogP contribution is 2.48. The van der Waals surface area contributed by atoms with Gasteiger partial charge in [0.1, 0.15) is 5.75 Å². The smallest absolute Gasteiger partial charge is 0.416 e. The maximum absolute atomic E-state index is 12.6. The fraction of sp³-hybridized carbons (Fsp3) is 0.350. The van der Waals surface area contributed by atoms with E-state index < -0.39 is 11.7 Å². The third-order valence-corrected chi connectivity index (χ3v) is 5.07. The summed E-state index contributed by atoms with van der Waals surface area (Å²) in [7, 11) is 0. The number of nitrogens with one attached hydrogen (secondary N) is 1. The number of carbonyl (C=O) groups excluding carboxylic acids is 1. The van der Waals surface area contributed by atoms with Crippen molar-refractivity contribution in [2.75, 3.05) is 6.61 Å². The Labute approximate surface area is 149 Å². The number of para-hydroxylation sites is 1. The second kappa shape index (κ2) is 6.34. The van der Waals surface area contributed by atoms with Crippen LogP contribution in [0, 0.1) is 5.92 Å². The normalized spacial score (nSPS) is 24.3. The van der Waals surface area contributed by atoms with E-state index in [1.54, 1.807) is 0 Å². The molecule has 1 aliphatic carbocycles. The molecule has 26 heavy (non-hydrogen) atoms.